The lowest BCUT2D eigenvalue weighted by Crippen LogP contribution is -2.29. The first kappa shape index (κ1) is 11.4. The van der Waals surface area contributed by atoms with Gasteiger partial charge in [0.25, 0.3) is 0 Å². The molecule has 1 rings (SSSR count). The number of carbonyl (C=O) groups excluding carboxylic acids is 1. The van der Waals surface area contributed by atoms with Gasteiger partial charge in [-0.3, -0.25) is 4.79 Å². The molecule has 1 amide bonds. The molecule has 0 aliphatic carbocycles. The molecule has 0 saturated heterocycles. The van der Waals surface area contributed by atoms with Crippen molar-refractivity contribution < 1.29 is 13.6 Å². The Hall–Kier alpha value is -1.65. The maximum absolute atomic E-state index is 13.1. The topological polar surface area (TPSA) is 41.1 Å². The highest BCUT2D eigenvalue weighted by Gasteiger charge is 2.04. The van der Waals surface area contributed by atoms with E-state index in [9.17, 15) is 13.6 Å². The Morgan fingerprint density at radius 3 is 2.73 bits per heavy atom. The van der Waals surface area contributed by atoms with Gasteiger partial charge in [-0.2, -0.15) is 0 Å². The molecule has 0 unspecified atom stereocenters. The van der Waals surface area contributed by atoms with E-state index in [4.69, 9.17) is 0 Å². The molecule has 82 valence electrons. The highest BCUT2D eigenvalue weighted by Crippen LogP contribution is 2.14. The van der Waals surface area contributed by atoms with Gasteiger partial charge in [0.2, 0.25) is 5.91 Å². The third-order valence-corrected chi connectivity index (χ3v) is 1.74. The van der Waals surface area contributed by atoms with Gasteiger partial charge < -0.3 is 10.6 Å². The molecule has 0 radical (unpaired) electrons. The fourth-order valence-electron chi connectivity index (χ4n) is 1.07. The fraction of sp³-hybridized carbons (Fsp3) is 0.300. The molecular formula is C10H12F2N2O. The summed E-state index contributed by atoms with van der Waals surface area (Å²) in [5.41, 5.74) is 0.114. The number of benzene rings is 1. The van der Waals surface area contributed by atoms with Crippen LogP contribution in [0.4, 0.5) is 14.5 Å². The zero-order valence-electron chi connectivity index (χ0n) is 8.31. The van der Waals surface area contributed by atoms with Gasteiger partial charge in [-0.15, -0.1) is 0 Å². The zero-order valence-corrected chi connectivity index (χ0v) is 8.31. The van der Waals surface area contributed by atoms with Crippen LogP contribution >= 0.6 is 0 Å². The van der Waals surface area contributed by atoms with Crippen LogP contribution in [-0.4, -0.2) is 19.0 Å². The van der Waals surface area contributed by atoms with Gasteiger partial charge in [-0.1, -0.05) is 0 Å². The van der Waals surface area contributed by atoms with Gasteiger partial charge in [0.1, 0.15) is 11.6 Å². The van der Waals surface area contributed by atoms with Crippen LogP contribution in [0.2, 0.25) is 0 Å². The predicted octanol–water partition coefficient (Wildman–Crippen LogP) is 1.51. The molecule has 0 aliphatic heterocycles. The van der Waals surface area contributed by atoms with Crippen LogP contribution in [0, 0.1) is 11.6 Å². The summed E-state index contributed by atoms with van der Waals surface area (Å²) in [6, 6.07) is 3.15. The van der Waals surface area contributed by atoms with Crippen molar-refractivity contribution in [1.82, 2.24) is 5.32 Å². The van der Waals surface area contributed by atoms with Gasteiger partial charge >= 0.3 is 0 Å². The third-order valence-electron chi connectivity index (χ3n) is 1.74. The maximum atomic E-state index is 13.1. The minimum atomic E-state index is -0.709. The summed E-state index contributed by atoms with van der Waals surface area (Å²) < 4.78 is 25.6. The van der Waals surface area contributed by atoms with E-state index in [-0.39, 0.29) is 18.1 Å². The molecule has 0 aromatic heterocycles. The Morgan fingerprint density at radius 1 is 1.40 bits per heavy atom. The van der Waals surface area contributed by atoms with Gasteiger partial charge in [0.15, 0.2) is 0 Å². The molecule has 0 aliphatic rings. The third kappa shape index (κ3) is 3.53. The second-order valence-electron chi connectivity index (χ2n) is 2.93. The molecular weight excluding hydrogens is 202 g/mol. The number of halogens is 2. The van der Waals surface area contributed by atoms with Gasteiger partial charge in [-0.25, -0.2) is 8.78 Å². The lowest BCUT2D eigenvalue weighted by molar-refractivity contribution is -0.119. The maximum Gasteiger partial charge on any atom is 0.239 e. The standard InChI is InChI=1S/C10H12F2N2O/c1-2-13-10(15)6-14-9-4-3-7(11)5-8(9)12/h3-5,14H,2,6H2,1H3,(H,13,15). The summed E-state index contributed by atoms with van der Waals surface area (Å²) in [7, 11) is 0. The summed E-state index contributed by atoms with van der Waals surface area (Å²) in [5.74, 6) is -1.59. The number of carbonyl (C=O) groups is 1. The Balaban J connectivity index is 2.54. The van der Waals surface area contributed by atoms with Crippen molar-refractivity contribution in [3.05, 3.63) is 29.8 Å². The molecule has 0 heterocycles. The van der Waals surface area contributed by atoms with Crippen molar-refractivity contribution in [3.8, 4) is 0 Å². The van der Waals surface area contributed by atoms with Crippen LogP contribution in [0.15, 0.2) is 18.2 Å². The number of amides is 1. The van der Waals surface area contributed by atoms with Crippen molar-refractivity contribution in [3.63, 3.8) is 0 Å². The summed E-state index contributed by atoms with van der Waals surface area (Å²) in [5, 5.41) is 5.12. The number of likely N-dealkylation sites (N-methyl/N-ethyl adjacent to an activating group) is 1. The lowest BCUT2D eigenvalue weighted by atomic mass is 10.3. The normalized spacial score (nSPS) is 9.80. The Labute approximate surface area is 86.5 Å². The van der Waals surface area contributed by atoms with Crippen LogP contribution in [0.5, 0.6) is 0 Å². The molecule has 0 fully saturated rings. The highest BCUT2D eigenvalue weighted by molar-refractivity contribution is 5.80. The van der Waals surface area contributed by atoms with Crippen molar-refractivity contribution in [1.29, 1.82) is 0 Å². The van der Waals surface area contributed by atoms with E-state index in [1.807, 2.05) is 0 Å². The first-order chi connectivity index (χ1) is 7.13. The molecule has 15 heavy (non-hydrogen) atoms. The number of anilines is 1. The lowest BCUT2D eigenvalue weighted by Gasteiger charge is -2.07. The Morgan fingerprint density at radius 2 is 2.13 bits per heavy atom. The number of rotatable bonds is 4. The van der Waals surface area contributed by atoms with Crippen LogP contribution in [0.25, 0.3) is 0 Å². The molecule has 1 aromatic carbocycles. The largest absolute Gasteiger partial charge is 0.374 e. The summed E-state index contributed by atoms with van der Waals surface area (Å²) in [4.78, 5) is 11.0. The second-order valence-corrected chi connectivity index (χ2v) is 2.93. The summed E-state index contributed by atoms with van der Waals surface area (Å²) in [6.07, 6.45) is 0. The Bertz CT molecular complexity index is 355. The molecule has 5 heteroatoms. The molecule has 2 N–H and O–H groups in total. The molecule has 0 saturated carbocycles. The van der Waals surface area contributed by atoms with E-state index in [0.717, 1.165) is 12.1 Å². The van der Waals surface area contributed by atoms with Crippen molar-refractivity contribution >= 4 is 11.6 Å². The van der Waals surface area contributed by atoms with Crippen LogP contribution in [0.3, 0.4) is 0 Å². The van der Waals surface area contributed by atoms with E-state index in [0.29, 0.717) is 6.54 Å². The SMILES string of the molecule is CCNC(=O)CNc1ccc(F)cc1F. The number of nitrogens with one attached hydrogen (secondary N) is 2. The van der Waals surface area contributed by atoms with Crippen molar-refractivity contribution in [2.45, 2.75) is 6.92 Å². The van der Waals surface area contributed by atoms with Crippen molar-refractivity contribution in [2.24, 2.45) is 0 Å². The van der Waals surface area contributed by atoms with E-state index < -0.39 is 11.6 Å². The fourth-order valence-corrected chi connectivity index (χ4v) is 1.07. The molecule has 0 bridgehead atoms. The van der Waals surface area contributed by atoms with E-state index in [1.54, 1.807) is 6.92 Å². The van der Waals surface area contributed by atoms with Gasteiger partial charge in [0.05, 0.1) is 12.2 Å². The predicted molar refractivity (Wildman–Crippen MR) is 53.5 cm³/mol. The molecule has 1 aromatic rings. The zero-order chi connectivity index (χ0) is 11.3. The van der Waals surface area contributed by atoms with Crippen LogP contribution in [-0.2, 0) is 4.79 Å². The smallest absolute Gasteiger partial charge is 0.239 e. The minimum Gasteiger partial charge on any atom is -0.374 e. The summed E-state index contributed by atoms with van der Waals surface area (Å²) >= 11 is 0. The Kier molecular flexibility index (Phi) is 4.03. The van der Waals surface area contributed by atoms with Gasteiger partial charge in [0, 0.05) is 12.6 Å². The summed E-state index contributed by atoms with van der Waals surface area (Å²) in [6.45, 7) is 2.28. The van der Waals surface area contributed by atoms with Crippen LogP contribution in [0.1, 0.15) is 6.92 Å². The molecule has 0 atom stereocenters. The van der Waals surface area contributed by atoms with E-state index >= 15 is 0 Å². The molecule has 3 nitrogen and oxygen atoms in total. The minimum absolute atomic E-state index is 0.0314. The van der Waals surface area contributed by atoms with E-state index in [1.165, 1.54) is 6.07 Å². The monoisotopic (exact) mass is 214 g/mol. The van der Waals surface area contributed by atoms with Crippen molar-refractivity contribution in [2.75, 3.05) is 18.4 Å². The van der Waals surface area contributed by atoms with Gasteiger partial charge in [-0.05, 0) is 19.1 Å². The van der Waals surface area contributed by atoms with Crippen LogP contribution < -0.4 is 10.6 Å². The second kappa shape index (κ2) is 5.29. The number of hydrogen-bond acceptors (Lipinski definition) is 2. The van der Waals surface area contributed by atoms with E-state index in [2.05, 4.69) is 10.6 Å². The molecule has 0 spiro atoms. The first-order valence-corrected chi connectivity index (χ1v) is 4.59. The average molecular weight is 214 g/mol. The number of hydrogen-bond donors (Lipinski definition) is 2. The first-order valence-electron chi connectivity index (χ1n) is 4.59. The average Bonchev–Trinajstić information content (AvgIpc) is 2.17. The quantitative estimate of drug-likeness (QED) is 0.797. The highest BCUT2D eigenvalue weighted by atomic mass is 19.1.